The van der Waals surface area contributed by atoms with E-state index in [0.29, 0.717) is 18.8 Å². The number of carbonyl (C=O) groups excluding carboxylic acids is 1. The van der Waals surface area contributed by atoms with Crippen molar-refractivity contribution in [3.8, 4) is 11.5 Å². The largest absolute Gasteiger partial charge is 0.490 e. The van der Waals surface area contributed by atoms with Gasteiger partial charge in [0.1, 0.15) is 31.0 Å². The van der Waals surface area contributed by atoms with Gasteiger partial charge in [0.05, 0.1) is 0 Å². The maximum atomic E-state index is 10.6. The molecule has 0 N–H and O–H groups in total. The highest BCUT2D eigenvalue weighted by molar-refractivity contribution is 5.74. The number of aldehydes is 1. The van der Waals surface area contributed by atoms with Crippen LogP contribution in [0.5, 0.6) is 11.5 Å². The molecule has 0 radical (unpaired) electrons. The zero-order chi connectivity index (χ0) is 16.9. The van der Waals surface area contributed by atoms with Gasteiger partial charge >= 0.3 is 0 Å². The number of rotatable bonds is 6. The van der Waals surface area contributed by atoms with Gasteiger partial charge in [-0.2, -0.15) is 0 Å². The summed E-state index contributed by atoms with van der Waals surface area (Å²) >= 11 is 0. The second-order valence-corrected chi connectivity index (χ2v) is 6.63. The summed E-state index contributed by atoms with van der Waals surface area (Å²) in [7, 11) is 0. The third-order valence-corrected chi connectivity index (χ3v) is 3.57. The van der Waals surface area contributed by atoms with Gasteiger partial charge in [0.25, 0.3) is 0 Å². The van der Waals surface area contributed by atoms with Crippen LogP contribution in [-0.2, 0) is 5.41 Å². The van der Waals surface area contributed by atoms with Crippen molar-refractivity contribution in [2.45, 2.75) is 33.1 Å². The number of hydrogen-bond acceptors (Lipinski definition) is 3. The van der Waals surface area contributed by atoms with Crippen molar-refractivity contribution in [1.82, 2.24) is 0 Å². The maximum absolute atomic E-state index is 10.6. The fraction of sp³-hybridized carbons (Fsp3) is 0.350. The molecule has 0 aliphatic heterocycles. The van der Waals surface area contributed by atoms with E-state index >= 15 is 0 Å². The first-order chi connectivity index (χ1) is 10.9. The van der Waals surface area contributed by atoms with E-state index in [1.807, 2.05) is 0 Å². The van der Waals surface area contributed by atoms with Crippen molar-refractivity contribution < 1.29 is 14.3 Å². The Morgan fingerprint density at radius 1 is 0.957 bits per heavy atom. The molecule has 23 heavy (non-hydrogen) atoms. The second-order valence-electron chi connectivity index (χ2n) is 6.63. The van der Waals surface area contributed by atoms with Crippen LogP contribution in [0.4, 0.5) is 0 Å². The van der Waals surface area contributed by atoms with Crippen LogP contribution < -0.4 is 9.47 Å². The highest BCUT2D eigenvalue weighted by Crippen LogP contribution is 2.32. The summed E-state index contributed by atoms with van der Waals surface area (Å²) in [4.78, 5) is 10.6. The first-order valence-electron chi connectivity index (χ1n) is 7.82. The molecule has 0 saturated carbocycles. The van der Waals surface area contributed by atoms with Crippen LogP contribution in [0, 0.1) is 6.92 Å². The summed E-state index contributed by atoms with van der Waals surface area (Å²) in [5.74, 6) is 1.65. The molecule has 0 unspecified atom stereocenters. The zero-order valence-corrected chi connectivity index (χ0v) is 14.3. The quantitative estimate of drug-likeness (QED) is 0.579. The summed E-state index contributed by atoms with van der Waals surface area (Å²) in [6, 6.07) is 13.4. The van der Waals surface area contributed by atoms with Crippen LogP contribution in [0.1, 0.15) is 42.3 Å². The molecule has 0 amide bonds. The average molecular weight is 312 g/mol. The molecule has 0 bridgehead atoms. The van der Waals surface area contributed by atoms with E-state index in [9.17, 15) is 4.79 Å². The van der Waals surface area contributed by atoms with Crippen LogP contribution in [0.3, 0.4) is 0 Å². The molecule has 2 aromatic rings. The van der Waals surface area contributed by atoms with Gasteiger partial charge < -0.3 is 9.47 Å². The van der Waals surface area contributed by atoms with E-state index in [-0.39, 0.29) is 5.41 Å². The molecular weight excluding hydrogens is 288 g/mol. The Bertz CT molecular complexity index is 652. The average Bonchev–Trinajstić information content (AvgIpc) is 2.51. The van der Waals surface area contributed by atoms with E-state index in [1.54, 1.807) is 24.3 Å². The topological polar surface area (TPSA) is 35.5 Å². The van der Waals surface area contributed by atoms with Crippen molar-refractivity contribution in [1.29, 1.82) is 0 Å². The first-order valence-corrected chi connectivity index (χ1v) is 7.82. The lowest BCUT2D eigenvalue weighted by molar-refractivity contribution is 0.112. The van der Waals surface area contributed by atoms with Gasteiger partial charge in [0.2, 0.25) is 0 Å². The number of carbonyl (C=O) groups is 1. The molecule has 0 atom stereocenters. The summed E-state index contributed by atoms with van der Waals surface area (Å²) in [6.07, 6.45) is 0.818. The van der Waals surface area contributed by atoms with Crippen molar-refractivity contribution in [2.24, 2.45) is 0 Å². The summed E-state index contributed by atoms with van der Waals surface area (Å²) < 4.78 is 11.6. The second kappa shape index (κ2) is 7.32. The molecule has 2 aromatic carbocycles. The van der Waals surface area contributed by atoms with Crippen LogP contribution in [0.25, 0.3) is 0 Å². The minimum Gasteiger partial charge on any atom is -0.490 e. The Morgan fingerprint density at radius 2 is 1.61 bits per heavy atom. The Labute approximate surface area is 138 Å². The maximum Gasteiger partial charge on any atom is 0.150 e. The molecule has 0 fully saturated rings. The Morgan fingerprint density at radius 3 is 2.22 bits per heavy atom. The molecule has 0 aromatic heterocycles. The van der Waals surface area contributed by atoms with Gasteiger partial charge in [-0.1, -0.05) is 32.9 Å². The predicted molar refractivity (Wildman–Crippen MR) is 92.7 cm³/mol. The Hall–Kier alpha value is -2.29. The van der Waals surface area contributed by atoms with E-state index < -0.39 is 0 Å². The number of aryl methyl sites for hydroxylation is 1. The van der Waals surface area contributed by atoms with Crippen LogP contribution in [0.15, 0.2) is 42.5 Å². The lowest BCUT2D eigenvalue weighted by Crippen LogP contribution is -2.16. The fourth-order valence-electron chi connectivity index (χ4n) is 2.32. The van der Waals surface area contributed by atoms with Crippen molar-refractivity contribution >= 4 is 6.29 Å². The lowest BCUT2D eigenvalue weighted by atomic mass is 9.86. The van der Waals surface area contributed by atoms with E-state index in [4.69, 9.17) is 9.47 Å². The third-order valence-electron chi connectivity index (χ3n) is 3.57. The molecule has 0 aliphatic rings. The summed E-state index contributed by atoms with van der Waals surface area (Å²) in [5.41, 5.74) is 3.05. The molecule has 3 nitrogen and oxygen atoms in total. The third kappa shape index (κ3) is 4.85. The highest BCUT2D eigenvalue weighted by atomic mass is 16.5. The van der Waals surface area contributed by atoms with E-state index in [1.165, 1.54) is 11.1 Å². The van der Waals surface area contributed by atoms with Crippen LogP contribution in [-0.4, -0.2) is 19.5 Å². The molecule has 0 aliphatic carbocycles. The number of benzene rings is 2. The van der Waals surface area contributed by atoms with Gasteiger partial charge in [-0.05, 0) is 53.8 Å². The van der Waals surface area contributed by atoms with Crippen LogP contribution >= 0.6 is 0 Å². The van der Waals surface area contributed by atoms with Crippen molar-refractivity contribution in [3.05, 3.63) is 59.2 Å². The molecule has 2 rings (SSSR count). The SMILES string of the molecule is Cc1ccc(C(C)(C)C)c(OCCOc2ccc(C=O)cc2)c1. The zero-order valence-electron chi connectivity index (χ0n) is 14.3. The van der Waals surface area contributed by atoms with Gasteiger partial charge in [-0.15, -0.1) is 0 Å². The van der Waals surface area contributed by atoms with E-state index in [0.717, 1.165) is 17.8 Å². The smallest absolute Gasteiger partial charge is 0.150 e. The summed E-state index contributed by atoms with van der Waals surface area (Å²) in [6.45, 7) is 9.52. The monoisotopic (exact) mass is 312 g/mol. The van der Waals surface area contributed by atoms with Gasteiger partial charge in [-0.3, -0.25) is 4.79 Å². The highest BCUT2D eigenvalue weighted by Gasteiger charge is 2.18. The normalized spacial score (nSPS) is 11.1. The molecule has 0 spiro atoms. The first kappa shape index (κ1) is 17.1. The minimum absolute atomic E-state index is 0.0363. The minimum atomic E-state index is 0.0363. The van der Waals surface area contributed by atoms with Crippen LogP contribution in [0.2, 0.25) is 0 Å². The van der Waals surface area contributed by atoms with Gasteiger partial charge in [0.15, 0.2) is 0 Å². The standard InChI is InChI=1S/C20H24O3/c1-15-5-10-18(20(2,3)4)19(13-15)23-12-11-22-17-8-6-16(14-21)7-9-17/h5-10,13-14H,11-12H2,1-4H3. The molecule has 0 saturated heterocycles. The molecule has 0 heterocycles. The molecule has 3 heteroatoms. The molecular formula is C20H24O3. The summed E-state index contributed by atoms with van der Waals surface area (Å²) in [5, 5.41) is 0. The number of hydrogen-bond donors (Lipinski definition) is 0. The Balaban J connectivity index is 1.93. The fourth-order valence-corrected chi connectivity index (χ4v) is 2.32. The Kier molecular flexibility index (Phi) is 5.43. The van der Waals surface area contributed by atoms with Crippen molar-refractivity contribution in [2.75, 3.05) is 13.2 Å². The van der Waals surface area contributed by atoms with Gasteiger partial charge in [-0.25, -0.2) is 0 Å². The molecule has 122 valence electrons. The predicted octanol–water partition coefficient (Wildman–Crippen LogP) is 4.56. The lowest BCUT2D eigenvalue weighted by Gasteiger charge is -2.23. The van der Waals surface area contributed by atoms with E-state index in [2.05, 4.69) is 45.9 Å². The number of ether oxygens (including phenoxy) is 2. The van der Waals surface area contributed by atoms with Gasteiger partial charge in [0, 0.05) is 5.56 Å². The van der Waals surface area contributed by atoms with Crippen molar-refractivity contribution in [3.63, 3.8) is 0 Å².